The predicted molar refractivity (Wildman–Crippen MR) is 111 cm³/mol. The van der Waals surface area contributed by atoms with E-state index in [4.69, 9.17) is 14.2 Å². The molecule has 1 aliphatic heterocycles. The van der Waals surface area contributed by atoms with Gasteiger partial charge in [-0.05, 0) is 50.0 Å². The molecule has 5 aliphatic rings. The Morgan fingerprint density at radius 3 is 2.76 bits per heavy atom. The number of allylic oxidation sites excluding steroid dienone is 1. The molecule has 0 aromatic heterocycles. The Morgan fingerprint density at radius 1 is 1.24 bits per heavy atom. The summed E-state index contributed by atoms with van der Waals surface area (Å²) in [5, 5.41) is 0. The Balaban J connectivity index is 1.67. The normalized spacial score (nSPS) is 48.8. The molecule has 5 rings (SSSR count). The van der Waals surface area contributed by atoms with Crippen molar-refractivity contribution < 1.29 is 19.0 Å². The van der Waals surface area contributed by atoms with E-state index in [1.807, 2.05) is 14.2 Å². The average Bonchev–Trinajstić information content (AvgIpc) is 2.98. The van der Waals surface area contributed by atoms with Gasteiger partial charge in [0.1, 0.15) is 5.60 Å². The highest BCUT2D eigenvalue weighted by atomic mass is 16.5. The van der Waals surface area contributed by atoms with Crippen LogP contribution in [0.3, 0.4) is 0 Å². The molecule has 162 valence electrons. The molecule has 5 nitrogen and oxygen atoms in total. The summed E-state index contributed by atoms with van der Waals surface area (Å²) in [6.45, 7) is 6.28. The summed E-state index contributed by atoms with van der Waals surface area (Å²) in [5.74, 6) is 1.66. The first-order chi connectivity index (χ1) is 14.0. The van der Waals surface area contributed by atoms with Gasteiger partial charge in [0, 0.05) is 58.1 Å². The molecule has 0 N–H and O–H groups in total. The molecule has 0 amide bonds. The third-order valence-corrected chi connectivity index (χ3v) is 9.70. The van der Waals surface area contributed by atoms with E-state index in [1.54, 1.807) is 7.11 Å². The van der Waals surface area contributed by atoms with Crippen LogP contribution in [0.25, 0.3) is 0 Å². The number of carbonyl (C=O) groups is 1. The molecule has 3 saturated carbocycles. The number of ether oxygens (including phenoxy) is 3. The van der Waals surface area contributed by atoms with Gasteiger partial charge in [0.15, 0.2) is 5.78 Å². The van der Waals surface area contributed by atoms with Crippen molar-refractivity contribution in [3.05, 3.63) is 11.6 Å². The second-order valence-electron chi connectivity index (χ2n) is 10.5. The minimum atomic E-state index is -0.559. The molecule has 0 radical (unpaired) electrons. The van der Waals surface area contributed by atoms with Gasteiger partial charge in [-0.2, -0.15) is 0 Å². The molecular formula is C24H37NO4. The van der Waals surface area contributed by atoms with Gasteiger partial charge >= 0.3 is 0 Å². The Bertz CT molecular complexity index is 722. The van der Waals surface area contributed by atoms with Crippen molar-refractivity contribution in [2.45, 2.75) is 57.2 Å². The summed E-state index contributed by atoms with van der Waals surface area (Å²) >= 11 is 0. The summed E-state index contributed by atoms with van der Waals surface area (Å²) in [6.07, 6.45) is 8.37. The Morgan fingerprint density at radius 2 is 2.07 bits per heavy atom. The monoisotopic (exact) mass is 403 g/mol. The van der Waals surface area contributed by atoms with E-state index in [1.165, 1.54) is 5.57 Å². The Hall–Kier alpha value is -0.750. The number of hydrogen-bond acceptors (Lipinski definition) is 5. The first-order valence-corrected chi connectivity index (χ1v) is 11.5. The number of carbonyl (C=O) groups excluding carboxylic acids is 1. The van der Waals surface area contributed by atoms with Gasteiger partial charge in [0.2, 0.25) is 0 Å². The van der Waals surface area contributed by atoms with Crippen LogP contribution in [0.15, 0.2) is 11.6 Å². The van der Waals surface area contributed by atoms with E-state index in [0.29, 0.717) is 30.0 Å². The van der Waals surface area contributed by atoms with Gasteiger partial charge in [-0.25, -0.2) is 0 Å². The third-order valence-electron chi connectivity index (χ3n) is 9.70. The van der Waals surface area contributed by atoms with E-state index in [2.05, 4.69) is 17.9 Å². The quantitative estimate of drug-likeness (QED) is 0.660. The van der Waals surface area contributed by atoms with E-state index < -0.39 is 5.60 Å². The number of nitrogens with zero attached hydrogens (tertiary/aromatic N) is 1. The zero-order chi connectivity index (χ0) is 20.4. The highest BCUT2D eigenvalue weighted by Crippen LogP contribution is 2.68. The van der Waals surface area contributed by atoms with Crippen molar-refractivity contribution in [2.24, 2.45) is 28.6 Å². The van der Waals surface area contributed by atoms with Crippen LogP contribution in [-0.4, -0.2) is 70.0 Å². The molecule has 4 fully saturated rings. The largest absolute Gasteiger partial charge is 0.384 e. The van der Waals surface area contributed by atoms with Gasteiger partial charge in [0.05, 0.1) is 12.7 Å². The molecule has 0 spiro atoms. The number of ketones is 1. The fourth-order valence-corrected chi connectivity index (χ4v) is 8.58. The number of methoxy groups -OCH3 is 3. The second kappa shape index (κ2) is 6.88. The topological polar surface area (TPSA) is 48.0 Å². The molecule has 7 atom stereocenters. The minimum absolute atomic E-state index is 0.0165. The van der Waals surface area contributed by atoms with E-state index in [-0.39, 0.29) is 16.9 Å². The highest BCUT2D eigenvalue weighted by molar-refractivity contribution is 5.90. The Labute approximate surface area is 175 Å². The Kier molecular flexibility index (Phi) is 4.78. The van der Waals surface area contributed by atoms with Crippen molar-refractivity contribution in [1.82, 2.24) is 4.90 Å². The predicted octanol–water partition coefficient (Wildman–Crippen LogP) is 3.08. The van der Waals surface area contributed by atoms with E-state index >= 15 is 0 Å². The van der Waals surface area contributed by atoms with Gasteiger partial charge in [0.25, 0.3) is 0 Å². The maximum absolute atomic E-state index is 13.4. The van der Waals surface area contributed by atoms with E-state index in [9.17, 15) is 4.79 Å². The van der Waals surface area contributed by atoms with Gasteiger partial charge in [-0.1, -0.05) is 18.6 Å². The lowest BCUT2D eigenvalue weighted by Crippen LogP contribution is -2.70. The number of Topliss-reactive ketones (excluding diaryl/α,β-unsaturated/α-hetero) is 1. The van der Waals surface area contributed by atoms with Crippen molar-refractivity contribution >= 4 is 5.78 Å². The summed E-state index contributed by atoms with van der Waals surface area (Å²) in [6, 6.07) is 0. The molecule has 0 unspecified atom stereocenters. The summed E-state index contributed by atoms with van der Waals surface area (Å²) in [4.78, 5) is 16.0. The van der Waals surface area contributed by atoms with Crippen molar-refractivity contribution in [1.29, 1.82) is 0 Å². The van der Waals surface area contributed by atoms with E-state index in [0.717, 1.165) is 58.3 Å². The van der Waals surface area contributed by atoms with Crippen LogP contribution >= 0.6 is 0 Å². The molecule has 4 aliphatic carbocycles. The molecule has 1 heterocycles. The van der Waals surface area contributed by atoms with Gasteiger partial charge in [-0.3, -0.25) is 4.79 Å². The van der Waals surface area contributed by atoms with Gasteiger partial charge in [-0.15, -0.1) is 0 Å². The van der Waals surface area contributed by atoms with Crippen molar-refractivity contribution in [3.8, 4) is 0 Å². The van der Waals surface area contributed by atoms with Crippen LogP contribution in [0.2, 0.25) is 0 Å². The van der Waals surface area contributed by atoms with Crippen LogP contribution in [0.1, 0.15) is 45.4 Å². The number of piperidine rings is 1. The van der Waals surface area contributed by atoms with Crippen LogP contribution in [0, 0.1) is 28.6 Å². The maximum atomic E-state index is 13.4. The van der Waals surface area contributed by atoms with Crippen LogP contribution < -0.4 is 0 Å². The van der Waals surface area contributed by atoms with Crippen LogP contribution in [0.5, 0.6) is 0 Å². The molecule has 1 saturated heterocycles. The SMILES string of the molecule is CCN1C[C@]2(COC)CC[C@H](OC)[C@@]3(C1)[C@@H]1CC(=O)[C@@]4(OC)CC(=CC[C@H]23)[C@H]1C4. The summed E-state index contributed by atoms with van der Waals surface area (Å²) < 4.78 is 18.0. The summed E-state index contributed by atoms with van der Waals surface area (Å²) in [5.41, 5.74) is 1.11. The van der Waals surface area contributed by atoms with Gasteiger partial charge < -0.3 is 19.1 Å². The standard InChI is InChI=1S/C24H37NO4/c1-5-25-13-22(15-27-2)9-8-21(28-3)24(14-25)18-10-20(26)23(29-4)11-16(17(18)12-23)6-7-19(22)24/h6,17-19,21H,5,7-15H2,1-4H3/t17-,18-,19-,21+,22+,23-,24+/m1/s1. The zero-order valence-electron chi connectivity index (χ0n) is 18.5. The smallest absolute Gasteiger partial charge is 0.165 e. The zero-order valence-corrected chi connectivity index (χ0v) is 18.5. The first kappa shape index (κ1) is 20.2. The van der Waals surface area contributed by atoms with Crippen LogP contribution in [0.4, 0.5) is 0 Å². The highest BCUT2D eigenvalue weighted by Gasteiger charge is 2.69. The van der Waals surface area contributed by atoms with Crippen molar-refractivity contribution in [2.75, 3.05) is 47.6 Å². The summed E-state index contributed by atoms with van der Waals surface area (Å²) in [7, 11) is 5.47. The molecule has 29 heavy (non-hydrogen) atoms. The minimum Gasteiger partial charge on any atom is -0.384 e. The number of rotatable bonds is 5. The lowest BCUT2D eigenvalue weighted by molar-refractivity contribution is -0.229. The number of hydrogen-bond donors (Lipinski definition) is 0. The lowest BCUT2D eigenvalue weighted by Gasteiger charge is -2.66. The maximum Gasteiger partial charge on any atom is 0.165 e. The third kappa shape index (κ3) is 2.51. The first-order valence-electron chi connectivity index (χ1n) is 11.5. The molecule has 5 heteroatoms. The second-order valence-corrected chi connectivity index (χ2v) is 10.5. The molecule has 0 aromatic carbocycles. The molecule has 0 aromatic rings. The average molecular weight is 404 g/mol. The number of likely N-dealkylation sites (tertiary alicyclic amines) is 1. The lowest BCUT2D eigenvalue weighted by atomic mass is 9.44. The fraction of sp³-hybridized carbons (Fsp3) is 0.875. The molecule has 4 bridgehead atoms. The fourth-order valence-electron chi connectivity index (χ4n) is 8.58. The van der Waals surface area contributed by atoms with Crippen molar-refractivity contribution in [3.63, 3.8) is 0 Å². The molecular weight excluding hydrogens is 366 g/mol. The van der Waals surface area contributed by atoms with Crippen LogP contribution in [-0.2, 0) is 19.0 Å². The number of fused-ring (bicyclic) bond motifs is 1.